The summed E-state index contributed by atoms with van der Waals surface area (Å²) in [5.41, 5.74) is 2.59. The molecule has 0 aliphatic carbocycles. The second kappa shape index (κ2) is 11.5. The molecular weight excluding hydrogens is 483 g/mol. The summed E-state index contributed by atoms with van der Waals surface area (Å²) in [6.07, 6.45) is 4.54. The molecule has 0 saturated heterocycles. The van der Waals surface area contributed by atoms with Gasteiger partial charge in [0.05, 0.1) is 16.1 Å². The van der Waals surface area contributed by atoms with Crippen LogP contribution in [-0.2, 0) is 4.79 Å². The number of carbonyl (C=O) groups excluding carboxylic acids is 1. The maximum Gasteiger partial charge on any atom is 0.311 e. The van der Waals surface area contributed by atoms with Crippen molar-refractivity contribution >= 4 is 55.2 Å². The molecule has 6 nitrogen and oxygen atoms in total. The molecule has 0 radical (unpaired) electrons. The van der Waals surface area contributed by atoms with E-state index in [1.165, 1.54) is 28.7 Å². The van der Waals surface area contributed by atoms with Gasteiger partial charge in [0.2, 0.25) is 0 Å². The third-order valence-electron chi connectivity index (χ3n) is 5.35. The summed E-state index contributed by atoms with van der Waals surface area (Å²) >= 11 is 2.67. The minimum absolute atomic E-state index is 0.223. The van der Waals surface area contributed by atoms with Crippen LogP contribution in [0.3, 0.4) is 0 Å². The summed E-state index contributed by atoms with van der Waals surface area (Å²) in [5.74, 6) is -0.635. The first-order valence-corrected chi connectivity index (χ1v) is 13.2. The second-order valence-electron chi connectivity index (χ2n) is 8.31. The predicted octanol–water partition coefficient (Wildman–Crippen LogP) is 8.52. The quantitative estimate of drug-likeness (QED) is 0.122. The molecule has 0 bridgehead atoms. The summed E-state index contributed by atoms with van der Waals surface area (Å²) in [5, 5.41) is 9.45. The molecule has 0 spiro atoms. The molecule has 0 saturated carbocycles. The molecule has 0 aliphatic heterocycles. The van der Waals surface area contributed by atoms with Crippen molar-refractivity contribution in [3.63, 3.8) is 0 Å². The highest BCUT2D eigenvalue weighted by atomic mass is 32.1. The van der Waals surface area contributed by atoms with Crippen LogP contribution in [0.4, 0.5) is 21.5 Å². The summed E-state index contributed by atoms with van der Waals surface area (Å²) in [6.45, 7) is 2.13. The van der Waals surface area contributed by atoms with Crippen molar-refractivity contribution in [2.45, 2.75) is 39.0 Å². The van der Waals surface area contributed by atoms with Crippen molar-refractivity contribution in [2.24, 2.45) is 10.2 Å². The fourth-order valence-corrected chi connectivity index (χ4v) is 5.51. The van der Waals surface area contributed by atoms with Gasteiger partial charge in [0.25, 0.3) is 0 Å². The van der Waals surface area contributed by atoms with Crippen LogP contribution >= 0.6 is 22.7 Å². The molecule has 2 heterocycles. The van der Waals surface area contributed by atoms with Crippen LogP contribution in [0.15, 0.2) is 58.8 Å². The molecule has 0 unspecified atom stereocenters. The zero-order valence-electron chi connectivity index (χ0n) is 20.0. The molecule has 0 N–H and O–H groups in total. The van der Waals surface area contributed by atoms with Gasteiger partial charge in [0, 0.05) is 43.9 Å². The van der Waals surface area contributed by atoms with Gasteiger partial charge < -0.3 is 9.64 Å². The Morgan fingerprint density at radius 3 is 2.43 bits per heavy atom. The fraction of sp³-hybridized carbons (Fsp3) is 0.308. The number of unbranched alkanes of at least 4 members (excludes halogenated alkanes) is 3. The summed E-state index contributed by atoms with van der Waals surface area (Å²) in [4.78, 5) is 19.3. The highest BCUT2D eigenvalue weighted by Gasteiger charge is 2.16. The lowest BCUT2D eigenvalue weighted by atomic mass is 10.2. The van der Waals surface area contributed by atoms with E-state index in [-0.39, 0.29) is 5.97 Å². The molecule has 4 rings (SSSR count). The number of thiazole rings is 1. The molecule has 0 amide bonds. The average molecular weight is 511 g/mol. The number of anilines is 1. The van der Waals surface area contributed by atoms with Crippen molar-refractivity contribution in [3.8, 4) is 15.6 Å². The van der Waals surface area contributed by atoms with Crippen LogP contribution in [0, 0.1) is 5.82 Å². The Morgan fingerprint density at radius 2 is 1.74 bits per heavy atom. The SMILES string of the molecule is CCCCCCC(=O)Oc1cc2sc(-c3ccc(N=Nc4ccc(N(C)C)cc4)cc3F)nc2s1. The van der Waals surface area contributed by atoms with Crippen LogP contribution in [-0.4, -0.2) is 25.0 Å². The first-order chi connectivity index (χ1) is 16.9. The van der Waals surface area contributed by atoms with Crippen LogP contribution in [0.5, 0.6) is 5.06 Å². The molecule has 4 aromatic rings. The number of ether oxygens (including phenoxy) is 1. The molecule has 0 atom stereocenters. The van der Waals surface area contributed by atoms with Gasteiger partial charge >= 0.3 is 5.97 Å². The third kappa shape index (κ3) is 6.49. The van der Waals surface area contributed by atoms with Crippen LogP contribution in [0.2, 0.25) is 0 Å². The number of rotatable bonds is 10. The Labute approximate surface area is 212 Å². The maximum absolute atomic E-state index is 14.9. The zero-order valence-corrected chi connectivity index (χ0v) is 21.6. The maximum atomic E-state index is 14.9. The number of halogens is 1. The molecule has 35 heavy (non-hydrogen) atoms. The third-order valence-corrected chi connectivity index (χ3v) is 7.42. The van der Waals surface area contributed by atoms with Crippen LogP contribution < -0.4 is 9.64 Å². The normalized spacial score (nSPS) is 11.4. The number of azo groups is 1. The summed E-state index contributed by atoms with van der Waals surface area (Å²) in [6, 6.07) is 14.2. The molecule has 0 aliphatic rings. The molecule has 0 fully saturated rings. The monoisotopic (exact) mass is 510 g/mol. The minimum atomic E-state index is -0.412. The van der Waals surface area contributed by atoms with Crippen molar-refractivity contribution < 1.29 is 13.9 Å². The Bertz CT molecular complexity index is 1300. The van der Waals surface area contributed by atoms with E-state index in [1.54, 1.807) is 18.2 Å². The Balaban J connectivity index is 1.41. The molecule has 9 heteroatoms. The van der Waals surface area contributed by atoms with Gasteiger partial charge in [-0.05, 0) is 42.8 Å². The van der Waals surface area contributed by atoms with Crippen LogP contribution in [0.25, 0.3) is 20.1 Å². The lowest BCUT2D eigenvalue weighted by Crippen LogP contribution is -2.07. The number of fused-ring (bicyclic) bond motifs is 1. The summed E-state index contributed by atoms with van der Waals surface area (Å²) < 4.78 is 21.2. The minimum Gasteiger partial charge on any atom is -0.415 e. The van der Waals surface area contributed by atoms with Gasteiger partial charge in [-0.2, -0.15) is 10.2 Å². The summed E-state index contributed by atoms with van der Waals surface area (Å²) in [7, 11) is 3.94. The van der Waals surface area contributed by atoms with Gasteiger partial charge in [-0.1, -0.05) is 37.5 Å². The van der Waals surface area contributed by atoms with Crippen molar-refractivity contribution in [3.05, 3.63) is 54.3 Å². The van der Waals surface area contributed by atoms with Crippen molar-refractivity contribution in [1.29, 1.82) is 0 Å². The lowest BCUT2D eigenvalue weighted by Gasteiger charge is -2.11. The van der Waals surface area contributed by atoms with Crippen LogP contribution in [0.1, 0.15) is 39.0 Å². The Kier molecular flexibility index (Phi) is 8.20. The highest BCUT2D eigenvalue weighted by Crippen LogP contribution is 2.40. The molecule has 182 valence electrons. The van der Waals surface area contributed by atoms with Gasteiger partial charge in [-0.3, -0.25) is 4.79 Å². The van der Waals surface area contributed by atoms with Gasteiger partial charge in [0.1, 0.15) is 15.7 Å². The Hall–Kier alpha value is -3.17. The molecular formula is C26H27FN4O2S2. The van der Waals surface area contributed by atoms with Gasteiger partial charge in [0.15, 0.2) is 5.06 Å². The van der Waals surface area contributed by atoms with E-state index in [1.807, 2.05) is 43.3 Å². The largest absolute Gasteiger partial charge is 0.415 e. The number of thiophene rings is 1. The number of benzene rings is 2. The smallest absolute Gasteiger partial charge is 0.311 e. The zero-order chi connectivity index (χ0) is 24.8. The average Bonchev–Trinajstić information content (AvgIpc) is 3.39. The lowest BCUT2D eigenvalue weighted by molar-refractivity contribution is -0.134. The van der Waals surface area contributed by atoms with Crippen molar-refractivity contribution in [1.82, 2.24) is 4.98 Å². The van der Waals surface area contributed by atoms with E-state index < -0.39 is 5.82 Å². The number of esters is 1. The van der Waals surface area contributed by atoms with E-state index in [4.69, 9.17) is 4.74 Å². The first-order valence-electron chi connectivity index (χ1n) is 11.5. The second-order valence-corrected chi connectivity index (χ2v) is 10.3. The van der Waals surface area contributed by atoms with E-state index >= 15 is 0 Å². The molecule has 2 aromatic heterocycles. The number of carbonyl (C=O) groups is 1. The van der Waals surface area contributed by atoms with E-state index in [0.29, 0.717) is 33.4 Å². The Morgan fingerprint density at radius 1 is 1.00 bits per heavy atom. The van der Waals surface area contributed by atoms with E-state index in [2.05, 4.69) is 22.1 Å². The van der Waals surface area contributed by atoms with Gasteiger partial charge in [-0.15, -0.1) is 11.3 Å². The van der Waals surface area contributed by atoms with Crippen molar-refractivity contribution in [2.75, 3.05) is 19.0 Å². The number of nitrogens with zero attached hydrogens (tertiary/aromatic N) is 4. The predicted molar refractivity (Wildman–Crippen MR) is 142 cm³/mol. The highest BCUT2D eigenvalue weighted by molar-refractivity contribution is 7.29. The topological polar surface area (TPSA) is 67.2 Å². The number of aromatic nitrogens is 1. The first kappa shape index (κ1) is 24.9. The van der Waals surface area contributed by atoms with E-state index in [9.17, 15) is 9.18 Å². The molecule has 2 aromatic carbocycles. The standard InChI is InChI=1S/C26H27FN4O2S2/c1-4-5-6-7-8-23(32)33-24-16-22-26(35-24)28-25(34-22)20-14-11-18(15-21(20)27)30-29-17-9-12-19(13-10-17)31(2)3/h9-16H,4-8H2,1-3H3. The number of hydrogen-bond acceptors (Lipinski definition) is 8. The van der Waals surface area contributed by atoms with Gasteiger partial charge in [-0.25, -0.2) is 9.37 Å². The number of hydrogen-bond donors (Lipinski definition) is 0. The van der Waals surface area contributed by atoms with E-state index in [0.717, 1.165) is 40.9 Å². The fourth-order valence-electron chi connectivity index (χ4n) is 3.41.